The molecule has 2 saturated heterocycles. The van der Waals surface area contributed by atoms with Crippen molar-refractivity contribution >= 4 is 11.8 Å². The molecule has 3 fully saturated rings. The number of rotatable bonds is 5. The van der Waals surface area contributed by atoms with Crippen LogP contribution in [-0.4, -0.2) is 74.2 Å². The average molecular weight is 367 g/mol. The summed E-state index contributed by atoms with van der Waals surface area (Å²) in [5.41, 5.74) is 0.177. The molecule has 0 aromatic carbocycles. The fourth-order valence-corrected chi connectivity index (χ4v) is 5.20. The Morgan fingerprint density at radius 1 is 1.04 bits per heavy atom. The van der Waals surface area contributed by atoms with Crippen molar-refractivity contribution in [1.82, 2.24) is 9.80 Å². The van der Waals surface area contributed by atoms with Crippen molar-refractivity contribution in [2.24, 2.45) is 11.3 Å². The van der Waals surface area contributed by atoms with Gasteiger partial charge in [0.05, 0.1) is 6.10 Å². The zero-order valence-electron chi connectivity index (χ0n) is 16.4. The van der Waals surface area contributed by atoms with Crippen LogP contribution in [-0.2, 0) is 19.1 Å². The first-order valence-electron chi connectivity index (χ1n) is 10.3. The van der Waals surface area contributed by atoms with E-state index in [0.29, 0.717) is 31.7 Å². The lowest BCUT2D eigenvalue weighted by Gasteiger charge is -2.45. The first-order valence-corrected chi connectivity index (χ1v) is 10.3. The van der Waals surface area contributed by atoms with Gasteiger partial charge in [-0.3, -0.25) is 9.59 Å². The predicted molar refractivity (Wildman–Crippen MR) is 98.7 cm³/mol. The largest absolute Gasteiger partial charge is 0.381 e. The molecule has 0 bridgehead atoms. The van der Waals surface area contributed by atoms with Crippen molar-refractivity contribution in [1.29, 1.82) is 0 Å². The van der Waals surface area contributed by atoms with E-state index in [2.05, 4.69) is 4.90 Å². The van der Waals surface area contributed by atoms with Crippen LogP contribution in [0, 0.1) is 11.3 Å². The number of carbonyl (C=O) groups is 2. The van der Waals surface area contributed by atoms with Crippen LogP contribution < -0.4 is 0 Å². The van der Waals surface area contributed by atoms with Gasteiger partial charge in [-0.15, -0.1) is 0 Å². The monoisotopic (exact) mass is 366 g/mol. The highest BCUT2D eigenvalue weighted by molar-refractivity contribution is 5.80. The summed E-state index contributed by atoms with van der Waals surface area (Å²) in [7, 11) is 1.81. The summed E-state index contributed by atoms with van der Waals surface area (Å²) in [6.07, 6.45) is 7.62. The Hall–Kier alpha value is -1.14. The normalized spacial score (nSPS) is 30.2. The quantitative estimate of drug-likeness (QED) is 0.747. The number of nitrogens with zero attached hydrogens (tertiary/aromatic N) is 2. The SMILES string of the molecule is CCOCC(=O)N1CCC(C(=O)N2CCC[C@]3(CCC[C@H]3OC)C2)CC1. The fraction of sp³-hybridized carbons (Fsp3) is 0.900. The highest BCUT2D eigenvalue weighted by Gasteiger charge is 2.47. The van der Waals surface area contributed by atoms with Gasteiger partial charge in [-0.05, 0) is 45.4 Å². The van der Waals surface area contributed by atoms with Crippen LogP contribution in [0.2, 0.25) is 0 Å². The minimum atomic E-state index is 0.0450. The number of carbonyl (C=O) groups excluding carboxylic acids is 2. The van der Waals surface area contributed by atoms with Gasteiger partial charge in [-0.2, -0.15) is 0 Å². The van der Waals surface area contributed by atoms with Crippen LogP contribution in [0.5, 0.6) is 0 Å². The van der Waals surface area contributed by atoms with E-state index in [1.54, 1.807) is 0 Å². The summed E-state index contributed by atoms with van der Waals surface area (Å²) in [5.74, 6) is 0.398. The van der Waals surface area contributed by atoms with Crippen molar-refractivity contribution in [3.63, 3.8) is 0 Å². The van der Waals surface area contributed by atoms with Gasteiger partial charge in [0.25, 0.3) is 0 Å². The summed E-state index contributed by atoms with van der Waals surface area (Å²) in [4.78, 5) is 29.1. The lowest BCUT2D eigenvalue weighted by Crippen LogP contribution is -2.52. The molecule has 2 atom stereocenters. The lowest BCUT2D eigenvalue weighted by atomic mass is 9.76. The first kappa shape index (κ1) is 19.6. The molecule has 1 spiro atoms. The topological polar surface area (TPSA) is 59.1 Å². The second kappa shape index (κ2) is 8.70. The van der Waals surface area contributed by atoms with E-state index in [-0.39, 0.29) is 23.8 Å². The van der Waals surface area contributed by atoms with Crippen LogP contribution in [0.15, 0.2) is 0 Å². The van der Waals surface area contributed by atoms with Gasteiger partial charge < -0.3 is 19.3 Å². The van der Waals surface area contributed by atoms with Gasteiger partial charge in [0, 0.05) is 51.2 Å². The highest BCUT2D eigenvalue weighted by Crippen LogP contribution is 2.46. The van der Waals surface area contributed by atoms with E-state index < -0.39 is 0 Å². The van der Waals surface area contributed by atoms with Crippen molar-refractivity contribution < 1.29 is 19.1 Å². The van der Waals surface area contributed by atoms with Crippen LogP contribution >= 0.6 is 0 Å². The summed E-state index contributed by atoms with van der Waals surface area (Å²) >= 11 is 0. The Balaban J connectivity index is 1.53. The number of ether oxygens (including phenoxy) is 2. The maximum Gasteiger partial charge on any atom is 0.248 e. The predicted octanol–water partition coefficient (Wildman–Crippen LogP) is 2.07. The van der Waals surface area contributed by atoms with Gasteiger partial charge in [-0.1, -0.05) is 6.42 Å². The number of methoxy groups -OCH3 is 1. The molecule has 1 aliphatic carbocycles. The summed E-state index contributed by atoms with van der Waals surface area (Å²) in [6, 6.07) is 0. The minimum absolute atomic E-state index is 0.0450. The molecule has 2 heterocycles. The zero-order valence-corrected chi connectivity index (χ0v) is 16.4. The minimum Gasteiger partial charge on any atom is -0.381 e. The van der Waals surface area contributed by atoms with Crippen molar-refractivity contribution in [3.8, 4) is 0 Å². The molecule has 1 saturated carbocycles. The van der Waals surface area contributed by atoms with Crippen molar-refractivity contribution in [2.75, 3.05) is 46.5 Å². The zero-order chi connectivity index (χ0) is 18.6. The Morgan fingerprint density at radius 3 is 2.46 bits per heavy atom. The van der Waals surface area contributed by atoms with Gasteiger partial charge in [0.15, 0.2) is 0 Å². The van der Waals surface area contributed by atoms with Gasteiger partial charge in [0.2, 0.25) is 11.8 Å². The summed E-state index contributed by atoms with van der Waals surface area (Å²) < 4.78 is 11.0. The molecule has 0 aromatic rings. The Morgan fingerprint density at radius 2 is 1.77 bits per heavy atom. The molecule has 148 valence electrons. The number of amides is 2. The molecule has 6 nitrogen and oxygen atoms in total. The van der Waals surface area contributed by atoms with E-state index in [1.165, 1.54) is 19.3 Å². The molecule has 0 unspecified atom stereocenters. The van der Waals surface area contributed by atoms with Gasteiger partial charge >= 0.3 is 0 Å². The molecule has 0 aromatic heterocycles. The standard InChI is InChI=1S/C20H34N2O4/c1-3-26-14-18(23)21-12-7-16(8-13-21)19(24)22-11-5-10-20(15-22)9-4-6-17(20)25-2/h16-17H,3-15H2,1-2H3/t17-,20-/m1/s1. The third-order valence-electron chi connectivity index (χ3n) is 6.66. The Kier molecular flexibility index (Phi) is 6.56. The van der Waals surface area contributed by atoms with Crippen LogP contribution in [0.1, 0.15) is 51.9 Å². The fourth-order valence-electron chi connectivity index (χ4n) is 5.20. The maximum absolute atomic E-state index is 13.1. The molecule has 0 N–H and O–H groups in total. The number of hydrogen-bond donors (Lipinski definition) is 0. The van der Waals surface area contributed by atoms with Gasteiger partial charge in [0.1, 0.15) is 6.61 Å². The van der Waals surface area contributed by atoms with E-state index in [0.717, 1.165) is 38.8 Å². The first-order chi connectivity index (χ1) is 12.6. The smallest absolute Gasteiger partial charge is 0.248 e. The second-order valence-electron chi connectivity index (χ2n) is 8.13. The van der Waals surface area contributed by atoms with E-state index >= 15 is 0 Å². The molecule has 3 rings (SSSR count). The summed E-state index contributed by atoms with van der Waals surface area (Å²) in [6.45, 7) is 5.67. The molecule has 0 radical (unpaired) electrons. The molecular formula is C20H34N2O4. The molecule has 3 aliphatic rings. The molecule has 26 heavy (non-hydrogen) atoms. The van der Waals surface area contributed by atoms with Crippen LogP contribution in [0.3, 0.4) is 0 Å². The number of piperidine rings is 2. The maximum atomic E-state index is 13.1. The lowest BCUT2D eigenvalue weighted by molar-refractivity contribution is -0.146. The Labute approximate surface area is 157 Å². The molecule has 2 aliphatic heterocycles. The van der Waals surface area contributed by atoms with Crippen LogP contribution in [0.4, 0.5) is 0 Å². The average Bonchev–Trinajstić information content (AvgIpc) is 3.07. The van der Waals surface area contributed by atoms with Crippen molar-refractivity contribution in [2.45, 2.75) is 58.0 Å². The van der Waals surface area contributed by atoms with Gasteiger partial charge in [-0.25, -0.2) is 0 Å². The van der Waals surface area contributed by atoms with E-state index in [4.69, 9.17) is 9.47 Å². The summed E-state index contributed by atoms with van der Waals surface area (Å²) in [5, 5.41) is 0. The Bertz CT molecular complexity index is 504. The van der Waals surface area contributed by atoms with E-state index in [9.17, 15) is 9.59 Å². The van der Waals surface area contributed by atoms with Crippen LogP contribution in [0.25, 0.3) is 0 Å². The highest BCUT2D eigenvalue weighted by atomic mass is 16.5. The number of hydrogen-bond acceptors (Lipinski definition) is 4. The third-order valence-corrected chi connectivity index (χ3v) is 6.66. The second-order valence-corrected chi connectivity index (χ2v) is 8.13. The van der Waals surface area contributed by atoms with E-state index in [1.807, 2.05) is 18.9 Å². The molecular weight excluding hydrogens is 332 g/mol. The third kappa shape index (κ3) is 4.06. The molecule has 2 amide bonds. The molecule has 6 heteroatoms. The number of likely N-dealkylation sites (tertiary alicyclic amines) is 2. The van der Waals surface area contributed by atoms with Crippen molar-refractivity contribution in [3.05, 3.63) is 0 Å².